The van der Waals surface area contributed by atoms with Crippen molar-refractivity contribution in [1.29, 1.82) is 0 Å². The van der Waals surface area contributed by atoms with Crippen molar-refractivity contribution in [2.75, 3.05) is 6.61 Å². The van der Waals surface area contributed by atoms with Crippen LogP contribution in [0.2, 0.25) is 0 Å². The highest BCUT2D eigenvalue weighted by Gasteiger charge is 2.23. The van der Waals surface area contributed by atoms with Crippen molar-refractivity contribution < 1.29 is 9.84 Å². The van der Waals surface area contributed by atoms with Crippen LogP contribution < -0.4 is 10.5 Å². The quantitative estimate of drug-likeness (QED) is 0.855. The molecule has 0 amide bonds. The maximum Gasteiger partial charge on any atom is 0.123 e. The van der Waals surface area contributed by atoms with Gasteiger partial charge in [-0.1, -0.05) is 18.2 Å². The zero-order valence-corrected chi connectivity index (χ0v) is 10.6. The fraction of sp³-hybridized carbons (Fsp3) is 0.357. The third-order valence-electron chi connectivity index (χ3n) is 3.44. The van der Waals surface area contributed by atoms with Crippen molar-refractivity contribution in [2.24, 2.45) is 5.73 Å². The number of fused-ring (bicyclic) bond motifs is 1. The van der Waals surface area contributed by atoms with Gasteiger partial charge in [0, 0.05) is 12.6 Å². The molecule has 2 atom stereocenters. The topological polar surface area (TPSA) is 73.3 Å². The number of ether oxygens (including phenoxy) is 1. The molecule has 1 aliphatic heterocycles. The summed E-state index contributed by atoms with van der Waals surface area (Å²) in [5.74, 6) is 0.959. The van der Waals surface area contributed by atoms with E-state index in [0.717, 1.165) is 17.9 Å². The first-order chi connectivity index (χ1) is 9.28. The number of aliphatic hydroxyl groups excluding tert-OH is 1. The predicted molar refractivity (Wildman–Crippen MR) is 70.8 cm³/mol. The number of imidazole rings is 1. The fourth-order valence-electron chi connectivity index (χ4n) is 2.46. The standard InChI is InChI=1S/C14H17N3O2/c15-12(8-18)13-6-16-9-17(13)7-11-5-10-3-1-2-4-14(10)19-11/h1-4,6,9,11-12,18H,5,7-8,15H2. The van der Waals surface area contributed by atoms with E-state index in [0.29, 0.717) is 6.54 Å². The summed E-state index contributed by atoms with van der Waals surface area (Å²) in [5.41, 5.74) is 7.92. The normalized spacial score (nSPS) is 18.9. The number of para-hydroxylation sites is 1. The summed E-state index contributed by atoms with van der Waals surface area (Å²) in [7, 11) is 0. The van der Waals surface area contributed by atoms with Crippen LogP contribution >= 0.6 is 0 Å². The van der Waals surface area contributed by atoms with E-state index in [9.17, 15) is 0 Å². The monoisotopic (exact) mass is 259 g/mol. The van der Waals surface area contributed by atoms with Crippen LogP contribution in [0.4, 0.5) is 0 Å². The Morgan fingerprint density at radius 3 is 3.11 bits per heavy atom. The molecule has 5 nitrogen and oxygen atoms in total. The van der Waals surface area contributed by atoms with Gasteiger partial charge in [0.25, 0.3) is 0 Å². The molecule has 2 heterocycles. The maximum atomic E-state index is 9.14. The Kier molecular flexibility index (Phi) is 3.23. The van der Waals surface area contributed by atoms with Gasteiger partial charge in [0.05, 0.1) is 31.2 Å². The molecule has 2 aromatic rings. The molecule has 0 bridgehead atoms. The van der Waals surface area contributed by atoms with Crippen molar-refractivity contribution in [3.63, 3.8) is 0 Å². The molecule has 1 aromatic heterocycles. The van der Waals surface area contributed by atoms with Gasteiger partial charge in [-0.15, -0.1) is 0 Å². The van der Waals surface area contributed by atoms with Crippen molar-refractivity contribution in [3.05, 3.63) is 48.0 Å². The van der Waals surface area contributed by atoms with Crippen molar-refractivity contribution in [1.82, 2.24) is 9.55 Å². The number of nitrogens with two attached hydrogens (primary N) is 1. The molecule has 19 heavy (non-hydrogen) atoms. The average molecular weight is 259 g/mol. The molecule has 5 heteroatoms. The molecule has 0 saturated carbocycles. The van der Waals surface area contributed by atoms with Crippen LogP contribution in [0.5, 0.6) is 5.75 Å². The van der Waals surface area contributed by atoms with Gasteiger partial charge in [0.15, 0.2) is 0 Å². The second-order valence-electron chi connectivity index (χ2n) is 4.81. The van der Waals surface area contributed by atoms with Gasteiger partial charge >= 0.3 is 0 Å². The Bertz CT molecular complexity index is 542. The predicted octanol–water partition coefficient (Wildman–Crippen LogP) is 0.879. The van der Waals surface area contributed by atoms with E-state index < -0.39 is 6.04 Å². The fourth-order valence-corrected chi connectivity index (χ4v) is 2.46. The molecule has 0 radical (unpaired) electrons. The Morgan fingerprint density at radius 2 is 2.32 bits per heavy atom. The summed E-state index contributed by atoms with van der Waals surface area (Å²) >= 11 is 0. The molecule has 3 rings (SSSR count). The first kappa shape index (κ1) is 12.2. The van der Waals surface area contributed by atoms with Gasteiger partial charge in [0.1, 0.15) is 11.9 Å². The van der Waals surface area contributed by atoms with Gasteiger partial charge in [0.2, 0.25) is 0 Å². The van der Waals surface area contributed by atoms with E-state index in [1.807, 2.05) is 22.8 Å². The third-order valence-corrected chi connectivity index (χ3v) is 3.44. The number of aromatic nitrogens is 2. The van der Waals surface area contributed by atoms with E-state index in [1.165, 1.54) is 5.56 Å². The highest BCUT2D eigenvalue weighted by Crippen LogP contribution is 2.29. The SMILES string of the molecule is NC(CO)c1cncn1CC1Cc2ccccc2O1. The zero-order valence-electron chi connectivity index (χ0n) is 10.6. The van der Waals surface area contributed by atoms with Crippen LogP contribution in [-0.2, 0) is 13.0 Å². The first-order valence-electron chi connectivity index (χ1n) is 6.39. The van der Waals surface area contributed by atoms with Crippen LogP contribution in [0.15, 0.2) is 36.8 Å². The van der Waals surface area contributed by atoms with E-state index in [1.54, 1.807) is 12.5 Å². The van der Waals surface area contributed by atoms with Crippen LogP contribution in [0.1, 0.15) is 17.3 Å². The average Bonchev–Trinajstić information content (AvgIpc) is 3.04. The third kappa shape index (κ3) is 2.34. The minimum Gasteiger partial charge on any atom is -0.488 e. The van der Waals surface area contributed by atoms with E-state index >= 15 is 0 Å². The van der Waals surface area contributed by atoms with Gasteiger partial charge in [-0.05, 0) is 11.6 Å². The minimum absolute atomic E-state index is 0.0859. The summed E-state index contributed by atoms with van der Waals surface area (Å²) in [5, 5.41) is 9.14. The molecule has 3 N–H and O–H groups in total. The largest absolute Gasteiger partial charge is 0.488 e. The molecule has 100 valence electrons. The van der Waals surface area contributed by atoms with Crippen molar-refractivity contribution in [3.8, 4) is 5.75 Å². The molecule has 0 fully saturated rings. The number of benzene rings is 1. The maximum absolute atomic E-state index is 9.14. The molecule has 0 spiro atoms. The Morgan fingerprint density at radius 1 is 1.47 bits per heavy atom. The lowest BCUT2D eigenvalue weighted by Crippen LogP contribution is -2.25. The van der Waals surface area contributed by atoms with Crippen LogP contribution in [-0.4, -0.2) is 27.4 Å². The van der Waals surface area contributed by atoms with Crippen LogP contribution in [0, 0.1) is 0 Å². The number of aliphatic hydroxyl groups is 1. The number of nitrogens with zero attached hydrogens (tertiary/aromatic N) is 2. The number of rotatable bonds is 4. The Hall–Kier alpha value is -1.85. The Labute approximate surface area is 111 Å². The summed E-state index contributed by atoms with van der Waals surface area (Å²) in [6.07, 6.45) is 4.42. The highest BCUT2D eigenvalue weighted by molar-refractivity contribution is 5.37. The second kappa shape index (κ2) is 5.03. The van der Waals surface area contributed by atoms with Gasteiger partial charge in [-0.2, -0.15) is 0 Å². The van der Waals surface area contributed by atoms with Gasteiger partial charge in [-0.25, -0.2) is 4.98 Å². The van der Waals surface area contributed by atoms with Crippen molar-refractivity contribution in [2.45, 2.75) is 25.1 Å². The number of hydrogen-bond donors (Lipinski definition) is 2. The number of hydrogen-bond acceptors (Lipinski definition) is 4. The lowest BCUT2D eigenvalue weighted by Gasteiger charge is -2.16. The van der Waals surface area contributed by atoms with E-state index in [2.05, 4.69) is 11.1 Å². The molecule has 1 aliphatic rings. The molecular formula is C14H17N3O2. The summed E-state index contributed by atoms with van der Waals surface area (Å²) < 4.78 is 7.85. The minimum atomic E-state index is -0.397. The molecular weight excluding hydrogens is 242 g/mol. The smallest absolute Gasteiger partial charge is 0.123 e. The first-order valence-corrected chi connectivity index (χ1v) is 6.39. The second-order valence-corrected chi connectivity index (χ2v) is 4.81. The van der Waals surface area contributed by atoms with E-state index in [4.69, 9.17) is 15.6 Å². The van der Waals surface area contributed by atoms with Gasteiger partial charge in [-0.3, -0.25) is 0 Å². The Balaban J connectivity index is 1.73. The van der Waals surface area contributed by atoms with Crippen LogP contribution in [0.25, 0.3) is 0 Å². The zero-order chi connectivity index (χ0) is 13.2. The summed E-state index contributed by atoms with van der Waals surface area (Å²) in [6.45, 7) is 0.606. The molecule has 0 saturated heterocycles. The van der Waals surface area contributed by atoms with E-state index in [-0.39, 0.29) is 12.7 Å². The molecule has 0 aliphatic carbocycles. The summed E-state index contributed by atoms with van der Waals surface area (Å²) in [6, 6.07) is 7.68. The summed E-state index contributed by atoms with van der Waals surface area (Å²) in [4.78, 5) is 4.10. The van der Waals surface area contributed by atoms with Gasteiger partial charge < -0.3 is 20.1 Å². The van der Waals surface area contributed by atoms with Crippen molar-refractivity contribution >= 4 is 0 Å². The molecule has 2 unspecified atom stereocenters. The van der Waals surface area contributed by atoms with Crippen LogP contribution in [0.3, 0.4) is 0 Å². The lowest BCUT2D eigenvalue weighted by molar-refractivity contribution is 0.204. The highest BCUT2D eigenvalue weighted by atomic mass is 16.5. The lowest BCUT2D eigenvalue weighted by atomic mass is 10.1. The molecule has 1 aromatic carbocycles.